The SMILES string of the molecule is CNc1cc(-c2nc3c(=O)cc[nH]c3nc2-c2ccc(F)cc2)ccn1. The number of rotatable bonds is 3. The van der Waals surface area contributed by atoms with Crippen LogP contribution in [-0.4, -0.2) is 27.0 Å². The molecule has 4 aromatic rings. The van der Waals surface area contributed by atoms with Crippen LogP contribution in [0.1, 0.15) is 0 Å². The Labute approximate surface area is 147 Å². The van der Waals surface area contributed by atoms with E-state index in [2.05, 4.69) is 25.3 Å². The van der Waals surface area contributed by atoms with Crippen molar-refractivity contribution in [2.24, 2.45) is 0 Å². The van der Waals surface area contributed by atoms with Gasteiger partial charge in [0.15, 0.2) is 11.2 Å². The van der Waals surface area contributed by atoms with Crippen LogP contribution in [0.2, 0.25) is 0 Å². The molecular formula is C19H14FN5O. The van der Waals surface area contributed by atoms with Crippen molar-refractivity contribution < 1.29 is 4.39 Å². The molecule has 0 spiro atoms. The van der Waals surface area contributed by atoms with Crippen LogP contribution in [0.3, 0.4) is 0 Å². The van der Waals surface area contributed by atoms with Gasteiger partial charge in [-0.2, -0.15) is 0 Å². The zero-order valence-corrected chi connectivity index (χ0v) is 13.8. The highest BCUT2D eigenvalue weighted by molar-refractivity contribution is 5.84. The lowest BCUT2D eigenvalue weighted by Crippen LogP contribution is -2.07. The largest absolute Gasteiger partial charge is 0.373 e. The molecule has 1 aromatic carbocycles. The summed E-state index contributed by atoms with van der Waals surface area (Å²) in [5, 5.41) is 2.98. The highest BCUT2D eigenvalue weighted by atomic mass is 19.1. The van der Waals surface area contributed by atoms with E-state index in [9.17, 15) is 9.18 Å². The van der Waals surface area contributed by atoms with E-state index in [1.54, 1.807) is 31.4 Å². The van der Waals surface area contributed by atoms with Crippen molar-refractivity contribution in [3.63, 3.8) is 0 Å². The first-order valence-corrected chi connectivity index (χ1v) is 7.95. The van der Waals surface area contributed by atoms with Gasteiger partial charge in [-0.25, -0.2) is 19.3 Å². The topological polar surface area (TPSA) is 83.6 Å². The lowest BCUT2D eigenvalue weighted by atomic mass is 10.0. The summed E-state index contributed by atoms with van der Waals surface area (Å²) in [4.78, 5) is 28.5. The smallest absolute Gasteiger partial charge is 0.209 e. The summed E-state index contributed by atoms with van der Waals surface area (Å²) in [5.41, 5.74) is 2.93. The van der Waals surface area contributed by atoms with Crippen molar-refractivity contribution in [2.75, 3.05) is 12.4 Å². The summed E-state index contributed by atoms with van der Waals surface area (Å²) < 4.78 is 13.3. The molecule has 7 heteroatoms. The van der Waals surface area contributed by atoms with Crippen LogP contribution in [0.25, 0.3) is 33.7 Å². The maximum atomic E-state index is 13.3. The van der Waals surface area contributed by atoms with Crippen molar-refractivity contribution in [1.82, 2.24) is 19.9 Å². The summed E-state index contributed by atoms with van der Waals surface area (Å²) in [7, 11) is 1.77. The van der Waals surface area contributed by atoms with Crippen LogP contribution in [0.4, 0.5) is 10.2 Å². The zero-order chi connectivity index (χ0) is 18.1. The molecule has 0 saturated carbocycles. The molecule has 0 radical (unpaired) electrons. The van der Waals surface area contributed by atoms with Gasteiger partial charge in [0.05, 0.1) is 11.4 Å². The summed E-state index contributed by atoms with van der Waals surface area (Å²) in [6.45, 7) is 0. The van der Waals surface area contributed by atoms with Crippen molar-refractivity contribution in [2.45, 2.75) is 0 Å². The van der Waals surface area contributed by atoms with E-state index in [0.717, 1.165) is 5.56 Å². The second-order valence-electron chi connectivity index (χ2n) is 5.65. The quantitative estimate of drug-likeness (QED) is 0.594. The lowest BCUT2D eigenvalue weighted by molar-refractivity contribution is 0.628. The molecule has 0 fully saturated rings. The average Bonchev–Trinajstić information content (AvgIpc) is 2.68. The van der Waals surface area contributed by atoms with E-state index in [-0.39, 0.29) is 16.8 Å². The molecule has 0 amide bonds. The number of hydrogen-bond donors (Lipinski definition) is 2. The Morgan fingerprint density at radius 3 is 2.54 bits per heavy atom. The number of pyridine rings is 2. The van der Waals surface area contributed by atoms with Crippen LogP contribution in [0.15, 0.2) is 59.7 Å². The number of anilines is 1. The number of benzene rings is 1. The number of aromatic amines is 1. The summed E-state index contributed by atoms with van der Waals surface area (Å²) in [5.74, 6) is 0.329. The number of nitrogens with one attached hydrogen (secondary N) is 2. The Morgan fingerprint density at radius 1 is 1.00 bits per heavy atom. The van der Waals surface area contributed by atoms with Crippen molar-refractivity contribution in [3.8, 4) is 22.5 Å². The van der Waals surface area contributed by atoms with Crippen molar-refractivity contribution in [1.29, 1.82) is 0 Å². The maximum absolute atomic E-state index is 13.3. The molecule has 0 unspecified atom stereocenters. The lowest BCUT2D eigenvalue weighted by Gasteiger charge is -2.11. The van der Waals surface area contributed by atoms with E-state index in [0.29, 0.717) is 28.4 Å². The molecule has 0 saturated heterocycles. The monoisotopic (exact) mass is 347 g/mol. The van der Waals surface area contributed by atoms with E-state index in [1.165, 1.54) is 24.4 Å². The summed E-state index contributed by atoms with van der Waals surface area (Å²) >= 11 is 0. The molecule has 2 N–H and O–H groups in total. The van der Waals surface area contributed by atoms with Gasteiger partial charge in [0.25, 0.3) is 0 Å². The third-order valence-electron chi connectivity index (χ3n) is 3.99. The Balaban J connectivity index is 2.04. The Kier molecular flexibility index (Phi) is 3.89. The van der Waals surface area contributed by atoms with Crippen molar-refractivity contribution >= 4 is 17.0 Å². The number of hydrogen-bond acceptors (Lipinski definition) is 5. The fourth-order valence-corrected chi connectivity index (χ4v) is 2.71. The first-order chi connectivity index (χ1) is 12.7. The predicted octanol–water partition coefficient (Wildman–Crippen LogP) is 3.23. The van der Waals surface area contributed by atoms with Crippen LogP contribution in [0.5, 0.6) is 0 Å². The standard InChI is InChI=1S/C19H14FN5O/c1-21-15-10-12(6-8-22-15)17-16(11-2-4-13(20)5-3-11)25-19-18(24-17)14(26)7-9-23-19/h2-10H,1H3,(H,21,22)(H,23,25,26). The highest BCUT2D eigenvalue weighted by Gasteiger charge is 2.15. The normalized spacial score (nSPS) is 10.8. The third kappa shape index (κ3) is 2.79. The fourth-order valence-electron chi connectivity index (χ4n) is 2.71. The Morgan fingerprint density at radius 2 is 1.77 bits per heavy atom. The van der Waals surface area contributed by atoms with Gasteiger partial charge < -0.3 is 10.3 Å². The van der Waals surface area contributed by atoms with Gasteiger partial charge in [-0.15, -0.1) is 0 Å². The summed E-state index contributed by atoms with van der Waals surface area (Å²) in [6.07, 6.45) is 3.18. The van der Waals surface area contributed by atoms with Crippen LogP contribution < -0.4 is 10.7 Å². The third-order valence-corrected chi connectivity index (χ3v) is 3.99. The minimum Gasteiger partial charge on any atom is -0.373 e. The highest BCUT2D eigenvalue weighted by Crippen LogP contribution is 2.30. The molecule has 3 aromatic heterocycles. The van der Waals surface area contributed by atoms with E-state index >= 15 is 0 Å². The number of halogens is 1. The van der Waals surface area contributed by atoms with Crippen LogP contribution in [0, 0.1) is 5.82 Å². The number of nitrogens with zero attached hydrogens (tertiary/aromatic N) is 3. The van der Waals surface area contributed by atoms with E-state index in [1.807, 2.05) is 6.07 Å². The Hall–Kier alpha value is -3.61. The average molecular weight is 347 g/mol. The van der Waals surface area contributed by atoms with Gasteiger partial charge in [-0.1, -0.05) is 0 Å². The first kappa shape index (κ1) is 15.9. The minimum atomic E-state index is -0.334. The minimum absolute atomic E-state index is 0.221. The number of aromatic nitrogens is 4. The van der Waals surface area contributed by atoms with Crippen LogP contribution in [-0.2, 0) is 0 Å². The Bertz CT molecular complexity index is 1150. The van der Waals surface area contributed by atoms with Crippen molar-refractivity contribution in [3.05, 3.63) is 70.9 Å². The zero-order valence-electron chi connectivity index (χ0n) is 13.8. The first-order valence-electron chi connectivity index (χ1n) is 7.95. The van der Waals surface area contributed by atoms with Gasteiger partial charge in [-0.05, 0) is 36.4 Å². The van der Waals surface area contributed by atoms with Gasteiger partial charge in [-0.3, -0.25) is 4.79 Å². The van der Waals surface area contributed by atoms with Gasteiger partial charge in [0.1, 0.15) is 11.6 Å². The van der Waals surface area contributed by atoms with E-state index < -0.39 is 0 Å². The molecule has 26 heavy (non-hydrogen) atoms. The van der Waals surface area contributed by atoms with Gasteiger partial charge >= 0.3 is 0 Å². The number of H-pyrrole nitrogens is 1. The van der Waals surface area contributed by atoms with Crippen LogP contribution >= 0.6 is 0 Å². The summed E-state index contributed by atoms with van der Waals surface area (Å²) in [6, 6.07) is 11.0. The molecule has 3 heterocycles. The molecule has 128 valence electrons. The molecule has 0 atom stereocenters. The predicted molar refractivity (Wildman–Crippen MR) is 98.3 cm³/mol. The molecular weight excluding hydrogens is 333 g/mol. The fraction of sp³-hybridized carbons (Fsp3) is 0.0526. The molecule has 0 aliphatic heterocycles. The molecule has 0 bridgehead atoms. The van der Waals surface area contributed by atoms with Gasteiger partial charge in [0.2, 0.25) is 5.43 Å². The molecule has 4 rings (SSSR count). The number of fused-ring (bicyclic) bond motifs is 1. The second-order valence-corrected chi connectivity index (χ2v) is 5.65. The molecule has 0 aliphatic carbocycles. The molecule has 6 nitrogen and oxygen atoms in total. The van der Waals surface area contributed by atoms with E-state index in [4.69, 9.17) is 0 Å². The maximum Gasteiger partial charge on any atom is 0.209 e. The molecule has 0 aliphatic rings. The van der Waals surface area contributed by atoms with Gasteiger partial charge in [0, 0.05) is 36.6 Å². The second kappa shape index (κ2) is 6.36.